The number of nitrogens with zero attached hydrogens (tertiary/aromatic N) is 1. The predicted molar refractivity (Wildman–Crippen MR) is 348 cm³/mol. The van der Waals surface area contributed by atoms with Crippen molar-refractivity contribution in [2.45, 2.75) is 304 Å². The van der Waals surface area contributed by atoms with Crippen molar-refractivity contribution < 1.29 is 100 Å². The molecular formula is C73H102N4O21. The quantitative estimate of drug-likeness (QED) is 0.0303. The van der Waals surface area contributed by atoms with Crippen LogP contribution in [0.5, 0.6) is 0 Å². The first kappa shape index (κ1) is 73.4. The number of aliphatic hydroxyl groups is 1. The van der Waals surface area contributed by atoms with Crippen LogP contribution in [0.1, 0.15) is 192 Å². The fourth-order valence-corrected chi connectivity index (χ4v) is 16.6. The van der Waals surface area contributed by atoms with E-state index in [9.17, 15) is 48.3 Å². The largest absolute Gasteiger partial charge is 0.461 e. The number of ether oxygens (including phenoxy) is 10. The van der Waals surface area contributed by atoms with E-state index < -0.39 is 96.0 Å². The van der Waals surface area contributed by atoms with Gasteiger partial charge >= 0.3 is 18.0 Å². The van der Waals surface area contributed by atoms with Crippen molar-refractivity contribution >= 4 is 53.0 Å². The van der Waals surface area contributed by atoms with Gasteiger partial charge in [-0.15, -0.1) is 5.06 Å². The summed E-state index contributed by atoms with van der Waals surface area (Å²) >= 11 is 0. The minimum atomic E-state index is -0.988. The first-order valence-electron chi connectivity index (χ1n) is 36.0. The lowest BCUT2D eigenvalue weighted by molar-refractivity contribution is -0.292. The smallest absolute Gasteiger partial charge is 0.333 e. The third-order valence-electron chi connectivity index (χ3n) is 22.0. The number of nitrogens with one attached hydrogen (secondary N) is 2. The standard InChI is InChI=1S/C73H102N4O21/c1-39(2)51(33-45(78)11-8-7-9-13-64(85)98-77-61(82)23-24-62(77)83)71(86)76-53(12-10-28-75-72(74)87)54(81)31-43-14-16-44(17-15-43)38-89-63(84)25-18-46(79)35-59-65(88-6)52-34-47(80)32-49-20-22-56-66(92-49)70-69-68(94-56)67-60(95-69)37-73(96-67,97-70)27-26-50-30-41(4)55(90-50)21-19-48-29-40(3)42(5)57(91-48)36-58(52)93-59/h14-17,39-40,46,48-53,55-60,65-70,79H,4-5,7-13,18-38H2,1-3,6H3,(H,76,86)(H3,74,75,87)/t40-,46-,48?,49-,50+,51+,52?,53+,55+,56+,57-,58+,59-,60?,65-,66+,67+,68+,69-,70+,73+/m1/s1. The normalized spacial score (nSPS) is 34.6. The van der Waals surface area contributed by atoms with Crippen molar-refractivity contribution in [1.82, 2.24) is 15.7 Å². The molecule has 1 aromatic carbocycles. The molecule has 0 aliphatic carbocycles. The Morgan fingerprint density at radius 2 is 1.43 bits per heavy atom. The minimum absolute atomic E-state index is 0.00451. The molecule has 1 spiro atoms. The molecule has 11 saturated heterocycles. The van der Waals surface area contributed by atoms with E-state index >= 15 is 0 Å². The van der Waals surface area contributed by atoms with Crippen molar-refractivity contribution in [3.63, 3.8) is 0 Å². The lowest BCUT2D eigenvalue weighted by Gasteiger charge is -2.47. The molecule has 540 valence electrons. The number of nitrogens with two attached hydrogens (primary N) is 1. The van der Waals surface area contributed by atoms with Crippen molar-refractivity contribution in [2.24, 2.45) is 29.4 Å². The number of hydrogen-bond acceptors (Lipinski definition) is 21. The van der Waals surface area contributed by atoms with E-state index in [4.69, 9.17) is 57.9 Å². The van der Waals surface area contributed by atoms with Crippen LogP contribution in [0.15, 0.2) is 48.6 Å². The number of imide groups is 1. The second-order valence-corrected chi connectivity index (χ2v) is 29.5. The van der Waals surface area contributed by atoms with Crippen LogP contribution in [0.25, 0.3) is 0 Å². The topological polar surface area (TPSA) is 329 Å². The molecule has 0 aromatic heterocycles. The maximum absolute atomic E-state index is 14.6. The van der Waals surface area contributed by atoms with Crippen LogP contribution < -0.4 is 16.4 Å². The van der Waals surface area contributed by atoms with E-state index in [1.54, 1.807) is 31.4 Å². The summed E-state index contributed by atoms with van der Waals surface area (Å²) < 4.78 is 66.6. The van der Waals surface area contributed by atoms with Gasteiger partial charge in [0.2, 0.25) is 5.91 Å². The highest BCUT2D eigenvalue weighted by molar-refractivity contribution is 6.01. The third-order valence-corrected chi connectivity index (χ3v) is 22.0. The molecule has 11 aliphatic rings. The molecule has 25 nitrogen and oxygen atoms in total. The van der Waals surface area contributed by atoms with Crippen molar-refractivity contribution in [1.29, 1.82) is 0 Å². The summed E-state index contributed by atoms with van der Waals surface area (Å²) in [5.74, 6) is -5.36. The van der Waals surface area contributed by atoms with E-state index in [2.05, 4.69) is 30.7 Å². The zero-order valence-corrected chi connectivity index (χ0v) is 57.3. The summed E-state index contributed by atoms with van der Waals surface area (Å²) in [6, 6.07) is 5.25. The zero-order chi connectivity index (χ0) is 69.5. The first-order valence-corrected chi connectivity index (χ1v) is 36.0. The monoisotopic (exact) mass is 1370 g/mol. The molecule has 0 saturated carbocycles. The van der Waals surface area contributed by atoms with Gasteiger partial charge in [-0.1, -0.05) is 64.6 Å². The fourth-order valence-electron chi connectivity index (χ4n) is 16.6. The molecule has 98 heavy (non-hydrogen) atoms. The Kier molecular flexibility index (Phi) is 24.6. The maximum atomic E-state index is 14.6. The van der Waals surface area contributed by atoms with Gasteiger partial charge in [0.25, 0.3) is 11.8 Å². The summed E-state index contributed by atoms with van der Waals surface area (Å²) in [7, 11) is 1.60. The summed E-state index contributed by atoms with van der Waals surface area (Å²) in [6.07, 6.45) is 3.46. The van der Waals surface area contributed by atoms with Gasteiger partial charge in [0.15, 0.2) is 11.6 Å². The number of hydroxylamine groups is 2. The van der Waals surface area contributed by atoms with Crippen molar-refractivity contribution in [3.8, 4) is 0 Å². The Balaban J connectivity index is 0.664. The van der Waals surface area contributed by atoms with Gasteiger partial charge in [0, 0.05) is 109 Å². The number of aliphatic hydroxyl groups excluding tert-OH is 1. The number of hydrogen-bond donors (Lipinski definition) is 4. The highest BCUT2D eigenvalue weighted by Gasteiger charge is 2.69. The Bertz CT molecular complexity index is 3070. The van der Waals surface area contributed by atoms with Crippen molar-refractivity contribution in [2.75, 3.05) is 13.7 Å². The molecule has 5 N–H and O–H groups in total. The predicted octanol–water partition coefficient (Wildman–Crippen LogP) is 6.84. The lowest BCUT2D eigenvalue weighted by atomic mass is 9.81. The molecule has 12 bridgehead atoms. The van der Waals surface area contributed by atoms with Gasteiger partial charge in [0.05, 0.1) is 73.2 Å². The molecule has 25 heteroatoms. The Labute approximate surface area is 573 Å². The molecular weight excluding hydrogens is 1270 g/mol. The summed E-state index contributed by atoms with van der Waals surface area (Å²) in [5, 5.41) is 17.5. The molecule has 11 heterocycles. The molecule has 11 aliphatic heterocycles. The van der Waals surface area contributed by atoms with Gasteiger partial charge in [-0.2, -0.15) is 0 Å². The number of esters is 1. The van der Waals surface area contributed by atoms with Crippen LogP contribution in [0.4, 0.5) is 4.79 Å². The number of ketones is 3. The SMILES string of the molecule is C=C1C[C@@H]2CC[C@@]34CC5O[C@H]6[C@@H](O3)[C@H]3O[C@H](CC[C@@H]3O[C@H]6[C@H]5O4)CC(=O)CC3[C@H](C[C@H]4OC(CC[C@@H]1O2)C[C@@H](C)C4=C)O[C@H](C[C@H](O)CCC(=O)OCc1ccc(CC(=O)[C@H](CCCNC(N)=O)NC(=O)[C@@H](CC(=O)CCCCCC(=O)ON2C(=O)CCC2=O)C(C)C)cc1)[C@@H]3OC. The van der Waals surface area contributed by atoms with Crippen LogP contribution >= 0.6 is 0 Å². The molecule has 0 radical (unpaired) electrons. The van der Waals surface area contributed by atoms with Gasteiger partial charge in [-0.25, -0.2) is 9.59 Å². The number of urea groups is 1. The number of unbranched alkanes of at least 4 members (excludes halogenated alkanes) is 2. The van der Waals surface area contributed by atoms with E-state index in [-0.39, 0.29) is 180 Å². The van der Waals surface area contributed by atoms with Crippen LogP contribution in [0, 0.1) is 23.7 Å². The average molecular weight is 1370 g/mol. The van der Waals surface area contributed by atoms with Gasteiger partial charge in [-0.05, 0) is 111 Å². The summed E-state index contributed by atoms with van der Waals surface area (Å²) in [5.41, 5.74) is 8.61. The highest BCUT2D eigenvalue weighted by atomic mass is 16.8. The molecule has 1 aromatic rings. The Hall–Kier alpha value is -5.87. The van der Waals surface area contributed by atoms with Crippen molar-refractivity contribution in [3.05, 3.63) is 59.7 Å². The van der Waals surface area contributed by atoms with Gasteiger partial charge in [0.1, 0.15) is 48.7 Å². The molecule has 5 amide bonds. The molecule has 3 unspecified atom stereocenters. The molecule has 11 fully saturated rings. The van der Waals surface area contributed by atoms with E-state index in [0.717, 1.165) is 43.3 Å². The zero-order valence-electron chi connectivity index (χ0n) is 57.3. The second-order valence-electron chi connectivity index (χ2n) is 29.5. The van der Waals surface area contributed by atoms with E-state index in [0.29, 0.717) is 74.0 Å². The van der Waals surface area contributed by atoms with Gasteiger partial charge < -0.3 is 73.7 Å². The lowest BCUT2D eigenvalue weighted by Crippen LogP contribution is -2.61. The summed E-state index contributed by atoms with van der Waals surface area (Å²) in [4.78, 5) is 121. The fraction of sp³-hybridized carbons (Fsp3) is 0.740. The summed E-state index contributed by atoms with van der Waals surface area (Å²) in [6.45, 7) is 14.9. The van der Waals surface area contributed by atoms with E-state index in [1.807, 2.05) is 13.8 Å². The van der Waals surface area contributed by atoms with E-state index in [1.165, 1.54) is 0 Å². The Morgan fingerprint density at radius 1 is 0.724 bits per heavy atom. The van der Waals surface area contributed by atoms with Crippen LogP contribution in [-0.2, 0) is 104 Å². The number of benzene rings is 1. The van der Waals surface area contributed by atoms with Crippen LogP contribution in [-0.4, -0.2) is 186 Å². The number of carbonyl (C=O) groups excluding carboxylic acids is 9. The number of rotatable bonds is 27. The number of amides is 5. The number of carbonyl (C=O) groups is 9. The highest BCUT2D eigenvalue weighted by Crippen LogP contribution is 2.55. The molecule has 12 rings (SSSR count). The number of primary amides is 1. The number of Topliss-reactive ketones (excluding diaryl/α,β-unsaturated/α-hetero) is 3. The number of methoxy groups -OCH3 is 1. The second kappa shape index (κ2) is 32.8. The van der Waals surface area contributed by atoms with Crippen LogP contribution in [0.3, 0.4) is 0 Å². The first-order chi connectivity index (χ1) is 47.0. The van der Waals surface area contributed by atoms with Crippen LogP contribution in [0.2, 0.25) is 0 Å². The average Bonchev–Trinajstić information content (AvgIpc) is 1.55. The van der Waals surface area contributed by atoms with Gasteiger partial charge in [-0.3, -0.25) is 33.6 Å². The minimum Gasteiger partial charge on any atom is -0.461 e. The third kappa shape index (κ3) is 18.1. The number of fused-ring (bicyclic) bond motifs is 6. The Morgan fingerprint density at radius 3 is 2.18 bits per heavy atom. The maximum Gasteiger partial charge on any atom is 0.333 e. The molecule has 21 atom stereocenters.